The smallest absolute Gasteiger partial charge is 0.224 e. The van der Waals surface area contributed by atoms with E-state index in [2.05, 4.69) is 11.4 Å². The fourth-order valence-corrected chi connectivity index (χ4v) is 3.80. The van der Waals surface area contributed by atoms with E-state index in [1.165, 1.54) is 4.90 Å². The van der Waals surface area contributed by atoms with E-state index >= 15 is 0 Å². The summed E-state index contributed by atoms with van der Waals surface area (Å²) >= 11 is 1.82. The van der Waals surface area contributed by atoms with Gasteiger partial charge in [0.15, 0.2) is 0 Å². The van der Waals surface area contributed by atoms with Crippen LogP contribution in [0.2, 0.25) is 0 Å². The number of thioether (sulfide) groups is 1. The molecule has 0 spiro atoms. The lowest BCUT2D eigenvalue weighted by molar-refractivity contribution is -0.116. The number of para-hydroxylation sites is 1. The Bertz CT molecular complexity index is 733. The van der Waals surface area contributed by atoms with Crippen molar-refractivity contribution in [3.8, 4) is 11.5 Å². The van der Waals surface area contributed by atoms with Crippen molar-refractivity contribution in [1.82, 2.24) is 0 Å². The number of nitrogens with one attached hydrogen (secondary N) is 1. The molecule has 3 rings (SSSR count). The van der Waals surface area contributed by atoms with E-state index in [-0.39, 0.29) is 5.91 Å². The number of fused-ring (bicyclic) bond motifs is 1. The Balaban J connectivity index is 1.38. The first-order valence-electron chi connectivity index (χ1n) is 8.57. The number of rotatable bonds is 8. The molecule has 1 heterocycles. The molecule has 1 aliphatic heterocycles. The minimum atomic E-state index is 0.0914. The molecule has 4 nitrogen and oxygen atoms in total. The largest absolute Gasteiger partial charge is 0.496 e. The van der Waals surface area contributed by atoms with E-state index in [1.54, 1.807) is 7.11 Å². The Hall–Kier alpha value is -2.14. The molecule has 0 saturated heterocycles. The summed E-state index contributed by atoms with van der Waals surface area (Å²) in [5, 5.41) is 2.89. The third-order valence-corrected chi connectivity index (χ3v) is 5.25. The second-order valence-electron chi connectivity index (χ2n) is 5.92. The van der Waals surface area contributed by atoms with Gasteiger partial charge >= 0.3 is 0 Å². The topological polar surface area (TPSA) is 47.6 Å². The third kappa shape index (κ3) is 4.92. The first-order chi connectivity index (χ1) is 12.3. The lowest BCUT2D eigenvalue weighted by Crippen LogP contribution is -2.18. The minimum absolute atomic E-state index is 0.0914. The SMILES string of the molecule is COc1ccccc1SCCCCOc1ccc2c(c1)CCC(=O)N2. The summed E-state index contributed by atoms with van der Waals surface area (Å²) in [6.07, 6.45) is 3.43. The normalized spacial score (nSPS) is 13.1. The predicted octanol–water partition coefficient (Wildman–Crippen LogP) is 4.53. The number of ether oxygens (including phenoxy) is 2. The Labute approximate surface area is 152 Å². The zero-order chi connectivity index (χ0) is 17.5. The molecule has 2 aromatic rings. The molecule has 0 atom stereocenters. The van der Waals surface area contributed by atoms with Crippen molar-refractivity contribution >= 4 is 23.4 Å². The molecule has 132 valence electrons. The molecule has 2 aromatic carbocycles. The number of benzene rings is 2. The summed E-state index contributed by atoms with van der Waals surface area (Å²) in [6, 6.07) is 14.0. The molecule has 1 amide bonds. The molecular weight excluding hydrogens is 334 g/mol. The van der Waals surface area contributed by atoms with E-state index in [9.17, 15) is 4.79 Å². The Morgan fingerprint density at radius 3 is 2.88 bits per heavy atom. The maximum Gasteiger partial charge on any atom is 0.224 e. The number of aryl methyl sites for hydroxylation is 1. The van der Waals surface area contributed by atoms with Crippen molar-refractivity contribution in [2.24, 2.45) is 0 Å². The first kappa shape index (κ1) is 17.7. The summed E-state index contributed by atoms with van der Waals surface area (Å²) in [7, 11) is 1.71. The van der Waals surface area contributed by atoms with Gasteiger partial charge in [-0.15, -0.1) is 11.8 Å². The molecule has 0 bridgehead atoms. The Kier molecular flexibility index (Phi) is 6.23. The summed E-state index contributed by atoms with van der Waals surface area (Å²) in [5.74, 6) is 2.95. The van der Waals surface area contributed by atoms with Crippen LogP contribution in [-0.2, 0) is 11.2 Å². The Morgan fingerprint density at radius 1 is 1.12 bits per heavy atom. The van der Waals surface area contributed by atoms with Crippen LogP contribution in [0.3, 0.4) is 0 Å². The van der Waals surface area contributed by atoms with Crippen LogP contribution in [0, 0.1) is 0 Å². The van der Waals surface area contributed by atoms with Gasteiger partial charge in [0.2, 0.25) is 5.91 Å². The highest BCUT2D eigenvalue weighted by atomic mass is 32.2. The second kappa shape index (κ2) is 8.81. The van der Waals surface area contributed by atoms with Gasteiger partial charge in [0.05, 0.1) is 13.7 Å². The van der Waals surface area contributed by atoms with Crippen molar-refractivity contribution in [3.05, 3.63) is 48.0 Å². The van der Waals surface area contributed by atoms with Crippen LogP contribution in [0.4, 0.5) is 5.69 Å². The number of amides is 1. The van der Waals surface area contributed by atoms with Gasteiger partial charge in [-0.1, -0.05) is 12.1 Å². The third-order valence-electron chi connectivity index (χ3n) is 4.11. The van der Waals surface area contributed by atoms with Gasteiger partial charge in [-0.3, -0.25) is 4.79 Å². The summed E-state index contributed by atoms with van der Waals surface area (Å²) < 4.78 is 11.2. The first-order valence-corrected chi connectivity index (χ1v) is 9.56. The zero-order valence-electron chi connectivity index (χ0n) is 14.4. The quantitative estimate of drug-likeness (QED) is 0.557. The number of carbonyl (C=O) groups is 1. The molecule has 5 heteroatoms. The molecule has 0 aromatic heterocycles. The van der Waals surface area contributed by atoms with Crippen LogP contribution in [-0.4, -0.2) is 25.4 Å². The van der Waals surface area contributed by atoms with Crippen LogP contribution in [0.25, 0.3) is 0 Å². The number of hydrogen-bond acceptors (Lipinski definition) is 4. The van der Waals surface area contributed by atoms with Crippen molar-refractivity contribution in [2.45, 2.75) is 30.6 Å². The Morgan fingerprint density at radius 2 is 2.00 bits per heavy atom. The minimum Gasteiger partial charge on any atom is -0.496 e. The van der Waals surface area contributed by atoms with Gasteiger partial charge in [0, 0.05) is 17.0 Å². The molecule has 0 unspecified atom stereocenters. The van der Waals surface area contributed by atoms with Crippen LogP contribution < -0.4 is 14.8 Å². The number of anilines is 1. The summed E-state index contributed by atoms with van der Waals surface area (Å²) in [5.41, 5.74) is 2.07. The van der Waals surface area contributed by atoms with E-state index < -0.39 is 0 Å². The van der Waals surface area contributed by atoms with E-state index in [0.717, 1.165) is 47.8 Å². The van der Waals surface area contributed by atoms with E-state index in [4.69, 9.17) is 9.47 Å². The summed E-state index contributed by atoms with van der Waals surface area (Å²) in [6.45, 7) is 0.706. The fourth-order valence-electron chi connectivity index (χ4n) is 2.76. The van der Waals surface area contributed by atoms with Crippen LogP contribution in [0.15, 0.2) is 47.4 Å². The maximum atomic E-state index is 11.4. The predicted molar refractivity (Wildman–Crippen MR) is 102 cm³/mol. The van der Waals surface area contributed by atoms with Crippen molar-refractivity contribution in [2.75, 3.05) is 24.8 Å². The molecule has 0 saturated carbocycles. The van der Waals surface area contributed by atoms with Gasteiger partial charge in [-0.2, -0.15) is 0 Å². The zero-order valence-corrected chi connectivity index (χ0v) is 15.2. The highest BCUT2D eigenvalue weighted by molar-refractivity contribution is 7.99. The second-order valence-corrected chi connectivity index (χ2v) is 7.06. The van der Waals surface area contributed by atoms with Gasteiger partial charge in [0.25, 0.3) is 0 Å². The van der Waals surface area contributed by atoms with E-state index in [1.807, 2.05) is 48.2 Å². The molecule has 1 N–H and O–H groups in total. The van der Waals surface area contributed by atoms with Gasteiger partial charge in [-0.05, 0) is 60.9 Å². The average molecular weight is 357 g/mol. The van der Waals surface area contributed by atoms with Crippen LogP contribution >= 0.6 is 11.8 Å². The molecular formula is C20H23NO3S. The van der Waals surface area contributed by atoms with Crippen LogP contribution in [0.1, 0.15) is 24.8 Å². The maximum absolute atomic E-state index is 11.4. The highest BCUT2D eigenvalue weighted by Crippen LogP contribution is 2.29. The van der Waals surface area contributed by atoms with Gasteiger partial charge in [0.1, 0.15) is 11.5 Å². The van der Waals surface area contributed by atoms with Crippen LogP contribution in [0.5, 0.6) is 11.5 Å². The molecule has 25 heavy (non-hydrogen) atoms. The average Bonchev–Trinajstić information content (AvgIpc) is 2.65. The number of hydrogen-bond donors (Lipinski definition) is 1. The molecule has 0 aliphatic carbocycles. The van der Waals surface area contributed by atoms with Gasteiger partial charge < -0.3 is 14.8 Å². The van der Waals surface area contributed by atoms with Crippen molar-refractivity contribution in [3.63, 3.8) is 0 Å². The van der Waals surface area contributed by atoms with Crippen molar-refractivity contribution in [1.29, 1.82) is 0 Å². The molecule has 1 aliphatic rings. The standard InChI is InChI=1S/C20H23NO3S/c1-23-18-6-2-3-7-19(18)25-13-5-4-12-24-16-9-10-17-15(14-16)8-11-20(22)21-17/h2-3,6-7,9-10,14H,4-5,8,11-13H2,1H3,(H,21,22). The summed E-state index contributed by atoms with van der Waals surface area (Å²) in [4.78, 5) is 12.6. The highest BCUT2D eigenvalue weighted by Gasteiger charge is 2.14. The lowest BCUT2D eigenvalue weighted by atomic mass is 10.0. The molecule has 0 fully saturated rings. The van der Waals surface area contributed by atoms with Gasteiger partial charge in [-0.25, -0.2) is 0 Å². The number of methoxy groups -OCH3 is 1. The lowest BCUT2D eigenvalue weighted by Gasteiger charge is -2.17. The van der Waals surface area contributed by atoms with Crippen molar-refractivity contribution < 1.29 is 14.3 Å². The monoisotopic (exact) mass is 357 g/mol. The number of carbonyl (C=O) groups excluding carboxylic acids is 1. The number of unbranched alkanes of at least 4 members (excludes halogenated alkanes) is 1. The van der Waals surface area contributed by atoms with E-state index in [0.29, 0.717) is 13.0 Å². The molecule has 0 radical (unpaired) electrons. The fraction of sp³-hybridized carbons (Fsp3) is 0.350.